The van der Waals surface area contributed by atoms with Gasteiger partial charge < -0.3 is 10.6 Å². The minimum absolute atomic E-state index is 0.0460. The maximum Gasteiger partial charge on any atom is 0.230 e. The summed E-state index contributed by atoms with van der Waals surface area (Å²) in [5.74, 6) is 1.07. The first-order valence-corrected chi connectivity index (χ1v) is 10.3. The molecule has 0 aliphatic rings. The molecular formula is C18H26N4OS2. The summed E-state index contributed by atoms with van der Waals surface area (Å²) in [4.78, 5) is 12.0. The zero-order valence-corrected chi connectivity index (χ0v) is 16.8. The van der Waals surface area contributed by atoms with Gasteiger partial charge in [0.2, 0.25) is 11.0 Å². The van der Waals surface area contributed by atoms with Crippen molar-refractivity contribution in [3.63, 3.8) is 0 Å². The number of carbonyl (C=O) groups excluding carboxylic acids is 1. The molecule has 0 bridgehead atoms. The molecule has 0 aliphatic carbocycles. The van der Waals surface area contributed by atoms with Crippen LogP contribution in [0.3, 0.4) is 0 Å². The largest absolute Gasteiger partial charge is 0.353 e. The number of aromatic nitrogens is 2. The van der Waals surface area contributed by atoms with Crippen LogP contribution in [0.1, 0.15) is 39.2 Å². The molecule has 0 radical (unpaired) electrons. The van der Waals surface area contributed by atoms with Crippen molar-refractivity contribution in [2.45, 2.75) is 50.9 Å². The number of hydrogen-bond acceptors (Lipinski definition) is 6. The number of aryl methyl sites for hydroxylation is 1. The second-order valence-electron chi connectivity index (χ2n) is 6.60. The van der Waals surface area contributed by atoms with Gasteiger partial charge in [0, 0.05) is 11.7 Å². The molecule has 136 valence electrons. The molecule has 0 fully saturated rings. The fourth-order valence-electron chi connectivity index (χ4n) is 2.26. The van der Waals surface area contributed by atoms with Crippen molar-refractivity contribution in [1.29, 1.82) is 0 Å². The molecule has 5 nitrogen and oxygen atoms in total. The number of hydrogen-bond donors (Lipinski definition) is 2. The highest BCUT2D eigenvalue weighted by atomic mass is 32.2. The Bertz CT molecular complexity index is 687. The van der Waals surface area contributed by atoms with Crippen molar-refractivity contribution in [2.24, 2.45) is 5.92 Å². The first-order chi connectivity index (χ1) is 11.9. The lowest BCUT2D eigenvalue weighted by atomic mass is 10.0. The SMILES string of the molecule is Cc1cccc(Nc2nnc(SCC(=O)N[C@H](C)CCC(C)C)s2)c1. The highest BCUT2D eigenvalue weighted by Crippen LogP contribution is 2.27. The van der Waals surface area contributed by atoms with Crippen molar-refractivity contribution in [2.75, 3.05) is 11.1 Å². The highest BCUT2D eigenvalue weighted by Gasteiger charge is 2.11. The summed E-state index contributed by atoms with van der Waals surface area (Å²) in [6, 6.07) is 8.31. The number of nitrogens with one attached hydrogen (secondary N) is 2. The Labute approximate surface area is 158 Å². The van der Waals surface area contributed by atoms with Crippen molar-refractivity contribution in [3.8, 4) is 0 Å². The lowest BCUT2D eigenvalue weighted by Crippen LogP contribution is -2.33. The summed E-state index contributed by atoms with van der Waals surface area (Å²) >= 11 is 2.88. The number of nitrogens with zero attached hydrogens (tertiary/aromatic N) is 2. The van der Waals surface area contributed by atoms with E-state index in [1.54, 1.807) is 0 Å². The van der Waals surface area contributed by atoms with E-state index in [2.05, 4.69) is 47.7 Å². The van der Waals surface area contributed by atoms with Crippen LogP contribution in [-0.4, -0.2) is 27.9 Å². The Morgan fingerprint density at radius 2 is 2.04 bits per heavy atom. The second-order valence-corrected chi connectivity index (χ2v) is 8.80. The minimum atomic E-state index is 0.0460. The van der Waals surface area contributed by atoms with Crippen molar-refractivity contribution < 1.29 is 4.79 Å². The van der Waals surface area contributed by atoms with Gasteiger partial charge in [0.05, 0.1) is 5.75 Å². The van der Waals surface area contributed by atoms with Gasteiger partial charge in [-0.1, -0.05) is 49.1 Å². The summed E-state index contributed by atoms with van der Waals surface area (Å²) in [5, 5.41) is 15.3. The lowest BCUT2D eigenvalue weighted by molar-refractivity contribution is -0.119. The van der Waals surface area contributed by atoms with Gasteiger partial charge in [-0.3, -0.25) is 4.79 Å². The van der Waals surface area contributed by atoms with Crippen LogP contribution in [-0.2, 0) is 4.79 Å². The fraction of sp³-hybridized carbons (Fsp3) is 0.500. The molecule has 0 unspecified atom stereocenters. The van der Waals surface area contributed by atoms with Crippen molar-refractivity contribution >= 4 is 39.8 Å². The molecule has 2 rings (SSSR count). The summed E-state index contributed by atoms with van der Waals surface area (Å²) < 4.78 is 0.792. The molecule has 1 amide bonds. The second kappa shape index (κ2) is 9.77. The molecule has 7 heteroatoms. The first kappa shape index (κ1) is 19.7. The van der Waals surface area contributed by atoms with Crippen LogP contribution < -0.4 is 10.6 Å². The van der Waals surface area contributed by atoms with Crippen LogP contribution in [0.4, 0.5) is 10.8 Å². The molecule has 1 heterocycles. The summed E-state index contributed by atoms with van der Waals surface area (Å²) in [7, 11) is 0. The van der Waals surface area contributed by atoms with E-state index in [4.69, 9.17) is 0 Å². The highest BCUT2D eigenvalue weighted by molar-refractivity contribution is 8.01. The molecule has 2 aromatic rings. The monoisotopic (exact) mass is 378 g/mol. The molecule has 1 atom stereocenters. The summed E-state index contributed by atoms with van der Waals surface area (Å²) in [6.07, 6.45) is 2.14. The van der Waals surface area contributed by atoms with Crippen LogP contribution in [0.5, 0.6) is 0 Å². The predicted octanol–water partition coefficient (Wildman–Crippen LogP) is 4.62. The molecule has 1 aromatic carbocycles. The number of thioether (sulfide) groups is 1. The van der Waals surface area contributed by atoms with Crippen LogP contribution in [0.15, 0.2) is 28.6 Å². The average molecular weight is 379 g/mol. The standard InChI is InChI=1S/C18H26N4OS2/c1-12(2)8-9-14(4)19-16(23)11-24-18-22-21-17(25-18)20-15-7-5-6-13(3)10-15/h5-7,10,12,14H,8-9,11H2,1-4H3,(H,19,23)(H,20,21)/t14-/m1/s1. The van der Waals surface area contributed by atoms with Gasteiger partial charge in [0.15, 0.2) is 4.34 Å². The van der Waals surface area contributed by atoms with Crippen LogP contribution in [0, 0.1) is 12.8 Å². The van der Waals surface area contributed by atoms with E-state index in [-0.39, 0.29) is 11.9 Å². The normalized spacial score (nSPS) is 12.2. The van der Waals surface area contributed by atoms with E-state index in [9.17, 15) is 4.79 Å². The van der Waals surface area contributed by atoms with Crippen LogP contribution in [0.25, 0.3) is 0 Å². The number of rotatable bonds is 9. The van der Waals surface area contributed by atoms with E-state index >= 15 is 0 Å². The Balaban J connectivity index is 1.76. The van der Waals surface area contributed by atoms with E-state index in [1.807, 2.05) is 25.1 Å². The van der Waals surface area contributed by atoms with E-state index in [0.29, 0.717) is 11.7 Å². The van der Waals surface area contributed by atoms with Gasteiger partial charge in [-0.2, -0.15) is 0 Å². The zero-order valence-electron chi connectivity index (χ0n) is 15.2. The Kier molecular flexibility index (Phi) is 7.71. The van der Waals surface area contributed by atoms with Gasteiger partial charge in [-0.05, 0) is 50.3 Å². The Morgan fingerprint density at radius 1 is 1.24 bits per heavy atom. The van der Waals surface area contributed by atoms with Crippen LogP contribution >= 0.6 is 23.1 Å². The van der Waals surface area contributed by atoms with Crippen molar-refractivity contribution in [3.05, 3.63) is 29.8 Å². The predicted molar refractivity (Wildman–Crippen MR) is 107 cm³/mol. The quantitative estimate of drug-likeness (QED) is 0.623. The zero-order chi connectivity index (χ0) is 18.2. The van der Waals surface area contributed by atoms with Gasteiger partial charge in [0.1, 0.15) is 0 Å². The molecular weight excluding hydrogens is 352 g/mol. The maximum atomic E-state index is 12.0. The van der Waals surface area contributed by atoms with E-state index in [0.717, 1.165) is 28.0 Å². The molecule has 1 aromatic heterocycles. The molecule has 0 saturated heterocycles. The molecule has 0 spiro atoms. The van der Waals surface area contributed by atoms with Crippen LogP contribution in [0.2, 0.25) is 0 Å². The molecule has 2 N–H and O–H groups in total. The fourth-order valence-corrected chi connectivity index (χ4v) is 3.85. The first-order valence-electron chi connectivity index (χ1n) is 8.51. The van der Waals surface area contributed by atoms with E-state index < -0.39 is 0 Å². The summed E-state index contributed by atoms with van der Waals surface area (Å²) in [5.41, 5.74) is 2.18. The smallest absolute Gasteiger partial charge is 0.230 e. The third-order valence-electron chi connectivity index (χ3n) is 3.59. The average Bonchev–Trinajstić information content (AvgIpc) is 2.98. The number of benzene rings is 1. The number of anilines is 2. The van der Waals surface area contributed by atoms with Crippen molar-refractivity contribution in [1.82, 2.24) is 15.5 Å². The Hall–Kier alpha value is -1.60. The summed E-state index contributed by atoms with van der Waals surface area (Å²) in [6.45, 7) is 8.50. The van der Waals surface area contributed by atoms with E-state index in [1.165, 1.54) is 28.7 Å². The third-order valence-corrected chi connectivity index (χ3v) is 5.56. The van der Waals surface area contributed by atoms with Gasteiger partial charge in [-0.25, -0.2) is 0 Å². The number of carbonyl (C=O) groups is 1. The minimum Gasteiger partial charge on any atom is -0.353 e. The van der Waals surface area contributed by atoms with Gasteiger partial charge in [-0.15, -0.1) is 10.2 Å². The third kappa shape index (κ3) is 7.44. The topological polar surface area (TPSA) is 66.9 Å². The molecule has 25 heavy (non-hydrogen) atoms. The number of amides is 1. The van der Waals surface area contributed by atoms with Gasteiger partial charge in [0.25, 0.3) is 0 Å². The lowest BCUT2D eigenvalue weighted by Gasteiger charge is -2.14. The molecule has 0 aliphatic heterocycles. The van der Waals surface area contributed by atoms with Gasteiger partial charge >= 0.3 is 0 Å². The Morgan fingerprint density at radius 3 is 2.76 bits per heavy atom. The molecule has 0 saturated carbocycles. The maximum absolute atomic E-state index is 12.0.